The molecule has 0 spiro atoms. The summed E-state index contributed by atoms with van der Waals surface area (Å²) in [5, 5.41) is 15.8. The summed E-state index contributed by atoms with van der Waals surface area (Å²) in [4.78, 5) is 12.0. The number of hydrogen-bond donors (Lipinski definition) is 1. The molecule has 1 amide bonds. The molecular weight excluding hydrogens is 345 g/mol. The fraction of sp³-hybridized carbons (Fsp3) is 0.143. The third-order valence-corrected chi connectivity index (χ3v) is 3.56. The van der Waals surface area contributed by atoms with Crippen LogP contribution in [0, 0.1) is 11.3 Å². The normalized spacial score (nSPS) is 11.7. The molecule has 2 rings (SSSR count). The monoisotopic (exact) mass is 354 g/mol. The third-order valence-electron chi connectivity index (χ3n) is 2.68. The van der Waals surface area contributed by atoms with Gasteiger partial charge in [0, 0.05) is 0 Å². The number of carbonyl (C=O) groups excluding carboxylic acids is 1. The van der Waals surface area contributed by atoms with E-state index in [1.165, 1.54) is 13.2 Å². The Morgan fingerprint density at radius 2 is 2.00 bits per heavy atom. The summed E-state index contributed by atoms with van der Waals surface area (Å²) in [6.07, 6.45) is -3.35. The number of anilines is 1. The van der Waals surface area contributed by atoms with E-state index in [2.05, 4.69) is 15.5 Å². The van der Waals surface area contributed by atoms with Crippen molar-refractivity contribution in [3.05, 3.63) is 40.4 Å². The number of aromatic nitrogens is 2. The van der Waals surface area contributed by atoms with Crippen LogP contribution in [0.4, 0.5) is 18.3 Å². The molecule has 124 valence electrons. The lowest BCUT2D eigenvalue weighted by atomic mass is 10.1. The summed E-state index contributed by atoms with van der Waals surface area (Å²) < 4.78 is 42.3. The Hall–Kier alpha value is -2.93. The van der Waals surface area contributed by atoms with E-state index in [1.54, 1.807) is 30.3 Å². The molecule has 1 heterocycles. The molecule has 1 N–H and O–H groups in total. The number of rotatable bonds is 4. The molecule has 0 radical (unpaired) electrons. The number of nitriles is 1. The van der Waals surface area contributed by atoms with Gasteiger partial charge in [0.25, 0.3) is 5.91 Å². The van der Waals surface area contributed by atoms with Crippen molar-refractivity contribution in [1.29, 1.82) is 5.26 Å². The number of alkyl halides is 3. The van der Waals surface area contributed by atoms with Crippen LogP contribution in [0.5, 0.6) is 5.75 Å². The van der Waals surface area contributed by atoms with Crippen LogP contribution in [-0.2, 0) is 11.0 Å². The predicted octanol–water partition coefficient (Wildman–Crippen LogP) is 3.11. The van der Waals surface area contributed by atoms with Crippen LogP contribution < -0.4 is 10.1 Å². The van der Waals surface area contributed by atoms with Crippen molar-refractivity contribution >= 4 is 28.5 Å². The van der Waals surface area contributed by atoms with Gasteiger partial charge in [-0.1, -0.05) is 23.5 Å². The van der Waals surface area contributed by atoms with Crippen molar-refractivity contribution in [3.8, 4) is 11.8 Å². The number of nitrogens with zero attached hydrogens (tertiary/aromatic N) is 3. The van der Waals surface area contributed by atoms with Crippen LogP contribution in [0.25, 0.3) is 6.08 Å². The van der Waals surface area contributed by atoms with E-state index in [1.807, 2.05) is 0 Å². The van der Waals surface area contributed by atoms with Crippen molar-refractivity contribution in [2.45, 2.75) is 6.18 Å². The third kappa shape index (κ3) is 4.30. The van der Waals surface area contributed by atoms with Crippen LogP contribution in [0.2, 0.25) is 0 Å². The Morgan fingerprint density at radius 3 is 2.50 bits per heavy atom. The molecule has 0 atom stereocenters. The lowest BCUT2D eigenvalue weighted by Crippen LogP contribution is -2.13. The van der Waals surface area contributed by atoms with Gasteiger partial charge >= 0.3 is 6.18 Å². The topological polar surface area (TPSA) is 87.9 Å². The molecule has 1 aromatic heterocycles. The van der Waals surface area contributed by atoms with E-state index in [4.69, 9.17) is 10.00 Å². The van der Waals surface area contributed by atoms with Gasteiger partial charge in [-0.2, -0.15) is 18.4 Å². The molecule has 10 heteroatoms. The van der Waals surface area contributed by atoms with Gasteiger partial charge in [0.05, 0.1) is 7.11 Å². The summed E-state index contributed by atoms with van der Waals surface area (Å²) in [6, 6.07) is 8.21. The number of hydrogen-bond acceptors (Lipinski definition) is 6. The van der Waals surface area contributed by atoms with Crippen molar-refractivity contribution < 1.29 is 22.7 Å². The Labute approximate surface area is 138 Å². The molecule has 0 aliphatic carbocycles. The first-order chi connectivity index (χ1) is 11.3. The summed E-state index contributed by atoms with van der Waals surface area (Å²) >= 11 is 0.175. The van der Waals surface area contributed by atoms with Crippen LogP contribution in [0.15, 0.2) is 29.8 Å². The Morgan fingerprint density at radius 1 is 1.33 bits per heavy atom. The highest BCUT2D eigenvalue weighted by atomic mass is 32.1. The molecule has 0 saturated heterocycles. The van der Waals surface area contributed by atoms with E-state index in [-0.39, 0.29) is 22.0 Å². The number of halogens is 3. The summed E-state index contributed by atoms with van der Waals surface area (Å²) in [5.41, 5.74) is 0.264. The quantitative estimate of drug-likeness (QED) is 0.673. The number of methoxy groups -OCH3 is 1. The highest BCUT2D eigenvalue weighted by Crippen LogP contribution is 2.33. The molecule has 2 aromatic rings. The zero-order chi connectivity index (χ0) is 17.7. The average molecular weight is 354 g/mol. The highest BCUT2D eigenvalue weighted by molar-refractivity contribution is 7.15. The zero-order valence-electron chi connectivity index (χ0n) is 12.1. The maximum atomic E-state index is 12.4. The first-order valence-corrected chi connectivity index (χ1v) is 7.13. The average Bonchev–Trinajstić information content (AvgIpc) is 3.01. The van der Waals surface area contributed by atoms with E-state index >= 15 is 0 Å². The van der Waals surface area contributed by atoms with E-state index in [0.29, 0.717) is 11.3 Å². The SMILES string of the molecule is COc1ccc(/C=C(/C#N)C(=O)Nc2nnc(C(F)(F)F)s2)cc1. The molecule has 1 aromatic carbocycles. The second-order valence-corrected chi connectivity index (χ2v) is 5.28. The second kappa shape index (κ2) is 7.10. The van der Waals surface area contributed by atoms with Crippen LogP contribution in [-0.4, -0.2) is 23.2 Å². The number of nitrogens with one attached hydrogen (secondary N) is 1. The molecule has 6 nitrogen and oxygen atoms in total. The van der Waals surface area contributed by atoms with Crippen molar-refractivity contribution in [3.63, 3.8) is 0 Å². The maximum absolute atomic E-state index is 12.4. The minimum absolute atomic E-state index is 0.175. The number of carbonyl (C=O) groups is 1. The standard InChI is InChI=1S/C14H9F3N4O2S/c1-23-10-4-2-8(3-5-10)6-9(7-18)11(22)19-13-21-20-12(24-13)14(15,16)17/h2-6H,1H3,(H,19,21,22)/b9-6-. The molecule has 0 saturated carbocycles. The Kier molecular flexibility index (Phi) is 5.15. The molecule has 0 aliphatic rings. The first kappa shape index (κ1) is 17.4. The molecule has 0 bridgehead atoms. The van der Waals surface area contributed by atoms with Gasteiger partial charge < -0.3 is 4.74 Å². The van der Waals surface area contributed by atoms with Gasteiger partial charge in [0.2, 0.25) is 10.1 Å². The molecule has 0 unspecified atom stereocenters. The highest BCUT2D eigenvalue weighted by Gasteiger charge is 2.35. The number of ether oxygens (including phenoxy) is 1. The van der Waals surface area contributed by atoms with Crippen LogP contribution >= 0.6 is 11.3 Å². The summed E-state index contributed by atoms with van der Waals surface area (Å²) in [5.74, 6) is -0.276. The smallest absolute Gasteiger partial charge is 0.445 e. The minimum atomic E-state index is -4.64. The Balaban J connectivity index is 2.15. The number of benzene rings is 1. The van der Waals surface area contributed by atoms with Gasteiger partial charge in [-0.15, -0.1) is 10.2 Å². The second-order valence-electron chi connectivity index (χ2n) is 4.31. The van der Waals surface area contributed by atoms with E-state index in [0.717, 1.165) is 0 Å². The van der Waals surface area contributed by atoms with Crippen LogP contribution in [0.3, 0.4) is 0 Å². The van der Waals surface area contributed by atoms with Crippen molar-refractivity contribution in [2.24, 2.45) is 0 Å². The van der Waals surface area contributed by atoms with Gasteiger partial charge in [-0.05, 0) is 23.8 Å². The molecule has 0 fully saturated rings. The largest absolute Gasteiger partial charge is 0.497 e. The van der Waals surface area contributed by atoms with Crippen molar-refractivity contribution in [2.75, 3.05) is 12.4 Å². The predicted molar refractivity (Wildman–Crippen MR) is 80.1 cm³/mol. The fourth-order valence-electron chi connectivity index (χ4n) is 1.57. The minimum Gasteiger partial charge on any atom is -0.497 e. The lowest BCUT2D eigenvalue weighted by Gasteiger charge is -2.01. The molecule has 0 aliphatic heterocycles. The first-order valence-electron chi connectivity index (χ1n) is 6.31. The molecule has 24 heavy (non-hydrogen) atoms. The van der Waals surface area contributed by atoms with Gasteiger partial charge in [0.1, 0.15) is 17.4 Å². The molecular formula is C14H9F3N4O2S. The summed E-state index contributed by atoms with van der Waals surface area (Å²) in [6.45, 7) is 0. The fourth-order valence-corrected chi connectivity index (χ4v) is 2.17. The van der Waals surface area contributed by atoms with Crippen LogP contribution in [0.1, 0.15) is 10.6 Å². The van der Waals surface area contributed by atoms with E-state index < -0.39 is 17.1 Å². The summed E-state index contributed by atoms with van der Waals surface area (Å²) in [7, 11) is 1.50. The van der Waals surface area contributed by atoms with E-state index in [9.17, 15) is 18.0 Å². The Bertz CT molecular complexity index is 807. The maximum Gasteiger partial charge on any atom is 0.445 e. The van der Waals surface area contributed by atoms with Gasteiger partial charge in [-0.3, -0.25) is 10.1 Å². The van der Waals surface area contributed by atoms with Gasteiger partial charge in [-0.25, -0.2) is 0 Å². The number of amides is 1. The van der Waals surface area contributed by atoms with Crippen molar-refractivity contribution in [1.82, 2.24) is 10.2 Å². The lowest BCUT2D eigenvalue weighted by molar-refractivity contribution is -0.138. The zero-order valence-corrected chi connectivity index (χ0v) is 12.9. The van der Waals surface area contributed by atoms with Gasteiger partial charge in [0.15, 0.2) is 0 Å².